The molecule has 0 fully saturated rings. The summed E-state index contributed by atoms with van der Waals surface area (Å²) >= 11 is 1.72. The number of fused-ring (bicyclic) bond motifs is 2. The van der Waals surface area contributed by atoms with E-state index in [1.807, 2.05) is 24.3 Å². The summed E-state index contributed by atoms with van der Waals surface area (Å²) in [6, 6.07) is 12.3. The molecule has 96 valence electrons. The number of ketones is 1. The van der Waals surface area contributed by atoms with Crippen molar-refractivity contribution >= 4 is 34.4 Å². The summed E-state index contributed by atoms with van der Waals surface area (Å²) < 4.78 is 0. The fraction of sp³-hybridized carbons (Fsp3) is 0.235. The third kappa shape index (κ3) is 2.33. The maximum absolute atomic E-state index is 12.5. The van der Waals surface area contributed by atoms with E-state index < -0.39 is 0 Å². The Bertz CT molecular complexity index is 670. The number of hydrogen-bond acceptors (Lipinski definition) is 2. The third-order valence-electron chi connectivity index (χ3n) is 3.31. The van der Waals surface area contributed by atoms with Crippen molar-refractivity contribution in [3.05, 3.63) is 53.6 Å². The van der Waals surface area contributed by atoms with Gasteiger partial charge in [0, 0.05) is 10.8 Å². The average Bonchev–Trinajstić information content (AvgIpc) is 2.40. The molecular weight excluding hydrogens is 252 g/mol. The van der Waals surface area contributed by atoms with Crippen molar-refractivity contribution in [1.29, 1.82) is 0 Å². The molecule has 2 heteroatoms. The normalized spacial score (nSPS) is 18.1. The number of Topliss-reactive ketones (excluding diaryl/α,β-unsaturated/α-hetero) is 1. The summed E-state index contributed by atoms with van der Waals surface area (Å²) in [7, 11) is 0. The number of carbonyl (C=O) groups excluding carboxylic acids is 1. The van der Waals surface area contributed by atoms with Gasteiger partial charge in [0.15, 0.2) is 5.78 Å². The van der Waals surface area contributed by atoms with Crippen LogP contribution >= 0.6 is 11.8 Å². The second-order valence-corrected chi connectivity index (χ2v) is 6.84. The molecule has 19 heavy (non-hydrogen) atoms. The third-order valence-corrected chi connectivity index (χ3v) is 4.52. The number of benzene rings is 2. The van der Waals surface area contributed by atoms with Gasteiger partial charge in [-0.1, -0.05) is 50.3 Å². The molecule has 1 atom stereocenters. The summed E-state index contributed by atoms with van der Waals surface area (Å²) in [5.41, 5.74) is 1.91. The van der Waals surface area contributed by atoms with Crippen LogP contribution in [0.25, 0.3) is 16.8 Å². The van der Waals surface area contributed by atoms with Gasteiger partial charge < -0.3 is 0 Å². The van der Waals surface area contributed by atoms with Gasteiger partial charge in [0.25, 0.3) is 0 Å². The summed E-state index contributed by atoms with van der Waals surface area (Å²) in [5, 5.41) is 2.75. The van der Waals surface area contributed by atoms with Crippen LogP contribution in [0.5, 0.6) is 0 Å². The molecule has 0 N–H and O–H groups in total. The zero-order chi connectivity index (χ0) is 13.4. The molecule has 3 rings (SSSR count). The molecule has 1 aliphatic rings. The highest BCUT2D eigenvalue weighted by Gasteiger charge is 2.24. The van der Waals surface area contributed by atoms with E-state index >= 15 is 0 Å². The van der Waals surface area contributed by atoms with E-state index in [4.69, 9.17) is 0 Å². The van der Waals surface area contributed by atoms with Crippen LogP contribution < -0.4 is 0 Å². The smallest absolute Gasteiger partial charge is 0.180 e. The quantitative estimate of drug-likeness (QED) is 0.794. The Morgan fingerprint density at radius 1 is 1.11 bits per heavy atom. The highest BCUT2D eigenvalue weighted by molar-refractivity contribution is 8.01. The Morgan fingerprint density at radius 2 is 1.79 bits per heavy atom. The molecule has 0 saturated carbocycles. The van der Waals surface area contributed by atoms with Gasteiger partial charge in [0.2, 0.25) is 0 Å². The minimum Gasteiger partial charge on any atom is -0.293 e. The first-order valence-electron chi connectivity index (χ1n) is 6.56. The summed E-state index contributed by atoms with van der Waals surface area (Å²) in [5.74, 6) is 0.238. The van der Waals surface area contributed by atoms with Crippen LogP contribution in [-0.2, 0) is 0 Å². The highest BCUT2D eigenvalue weighted by atomic mass is 32.2. The number of hydrogen-bond donors (Lipinski definition) is 0. The standard InChI is InChI=1S/C17H16OS/c1-11(2)19-16-8-7-14-9-12-5-3-4-6-13(12)10-15(14)17(16)18/h3-11,16H,1-2H3. The Morgan fingerprint density at radius 3 is 2.47 bits per heavy atom. The van der Waals surface area contributed by atoms with Crippen molar-refractivity contribution in [2.45, 2.75) is 24.3 Å². The van der Waals surface area contributed by atoms with Crippen LogP contribution in [0.3, 0.4) is 0 Å². The lowest BCUT2D eigenvalue weighted by atomic mass is 9.93. The summed E-state index contributed by atoms with van der Waals surface area (Å²) in [4.78, 5) is 12.5. The fourth-order valence-electron chi connectivity index (χ4n) is 2.44. The minimum atomic E-state index is -0.0336. The maximum atomic E-state index is 12.5. The molecule has 1 aliphatic carbocycles. The van der Waals surface area contributed by atoms with Crippen LogP contribution in [-0.4, -0.2) is 16.3 Å². The molecule has 0 radical (unpaired) electrons. The Labute approximate surface area is 117 Å². The lowest BCUT2D eigenvalue weighted by molar-refractivity contribution is 0.1000. The van der Waals surface area contributed by atoms with E-state index in [0.29, 0.717) is 5.25 Å². The van der Waals surface area contributed by atoms with E-state index in [1.54, 1.807) is 11.8 Å². The molecule has 0 aliphatic heterocycles. The van der Waals surface area contributed by atoms with Gasteiger partial charge in [-0.15, -0.1) is 11.8 Å². The molecule has 0 bridgehead atoms. The number of rotatable bonds is 2. The van der Waals surface area contributed by atoms with Crippen molar-refractivity contribution < 1.29 is 4.79 Å². The van der Waals surface area contributed by atoms with Crippen molar-refractivity contribution in [3.63, 3.8) is 0 Å². The topological polar surface area (TPSA) is 17.1 Å². The highest BCUT2D eigenvalue weighted by Crippen LogP contribution is 2.31. The molecule has 0 saturated heterocycles. The van der Waals surface area contributed by atoms with Gasteiger partial charge >= 0.3 is 0 Å². The van der Waals surface area contributed by atoms with Crippen molar-refractivity contribution in [2.24, 2.45) is 0 Å². The molecule has 2 aromatic rings. The zero-order valence-electron chi connectivity index (χ0n) is 11.1. The van der Waals surface area contributed by atoms with E-state index in [2.05, 4.69) is 38.1 Å². The van der Waals surface area contributed by atoms with Gasteiger partial charge in [-0.3, -0.25) is 4.79 Å². The van der Waals surface area contributed by atoms with Crippen LogP contribution in [0.4, 0.5) is 0 Å². The Balaban J connectivity index is 2.08. The van der Waals surface area contributed by atoms with Gasteiger partial charge in [0.1, 0.15) is 0 Å². The Kier molecular flexibility index (Phi) is 3.19. The largest absolute Gasteiger partial charge is 0.293 e. The number of thioether (sulfide) groups is 1. The second kappa shape index (κ2) is 4.86. The monoisotopic (exact) mass is 268 g/mol. The Hall–Kier alpha value is -1.54. The van der Waals surface area contributed by atoms with E-state index in [-0.39, 0.29) is 11.0 Å². The predicted molar refractivity (Wildman–Crippen MR) is 83.8 cm³/mol. The minimum absolute atomic E-state index is 0.0336. The lowest BCUT2D eigenvalue weighted by Gasteiger charge is -2.20. The van der Waals surface area contributed by atoms with Crippen LogP contribution in [0.1, 0.15) is 29.8 Å². The van der Waals surface area contributed by atoms with Gasteiger partial charge in [0.05, 0.1) is 5.25 Å². The lowest BCUT2D eigenvalue weighted by Crippen LogP contribution is -2.21. The van der Waals surface area contributed by atoms with E-state index in [1.165, 1.54) is 5.39 Å². The predicted octanol–water partition coefficient (Wildman–Crippen LogP) is 4.56. The molecule has 1 unspecified atom stereocenters. The average molecular weight is 268 g/mol. The molecular formula is C17H16OS. The molecule has 0 heterocycles. The van der Waals surface area contributed by atoms with Crippen LogP contribution in [0.15, 0.2) is 42.5 Å². The number of carbonyl (C=O) groups is 1. The first kappa shape index (κ1) is 12.5. The van der Waals surface area contributed by atoms with Gasteiger partial charge in [-0.25, -0.2) is 0 Å². The molecule has 1 nitrogen and oxygen atoms in total. The van der Waals surface area contributed by atoms with Crippen LogP contribution in [0, 0.1) is 0 Å². The van der Waals surface area contributed by atoms with Gasteiger partial charge in [-0.05, 0) is 28.5 Å². The zero-order valence-corrected chi connectivity index (χ0v) is 11.9. The molecule has 0 spiro atoms. The van der Waals surface area contributed by atoms with Crippen LogP contribution in [0.2, 0.25) is 0 Å². The molecule has 0 amide bonds. The van der Waals surface area contributed by atoms with Crippen molar-refractivity contribution in [2.75, 3.05) is 0 Å². The first-order valence-corrected chi connectivity index (χ1v) is 7.50. The maximum Gasteiger partial charge on any atom is 0.180 e. The second-order valence-electron chi connectivity index (χ2n) is 5.12. The van der Waals surface area contributed by atoms with Gasteiger partial charge in [-0.2, -0.15) is 0 Å². The van der Waals surface area contributed by atoms with Crippen molar-refractivity contribution in [1.82, 2.24) is 0 Å². The SMILES string of the molecule is CC(C)SC1C=Cc2cc3ccccc3cc2C1=O. The molecule has 2 aromatic carbocycles. The first-order chi connectivity index (χ1) is 9.15. The summed E-state index contributed by atoms with van der Waals surface area (Å²) in [6.07, 6.45) is 4.12. The summed E-state index contributed by atoms with van der Waals surface area (Å²) in [6.45, 7) is 4.25. The van der Waals surface area contributed by atoms with E-state index in [9.17, 15) is 4.79 Å². The molecule has 0 aromatic heterocycles. The fourth-order valence-corrected chi connectivity index (χ4v) is 3.45. The van der Waals surface area contributed by atoms with Crippen molar-refractivity contribution in [3.8, 4) is 0 Å². The van der Waals surface area contributed by atoms with E-state index in [0.717, 1.165) is 16.5 Å².